The van der Waals surface area contributed by atoms with Crippen LogP contribution in [0, 0.1) is 5.92 Å². The summed E-state index contributed by atoms with van der Waals surface area (Å²) in [5.41, 5.74) is 0. The minimum atomic E-state index is -0.786. The molecule has 3 N–H and O–H groups in total. The second-order valence-electron chi connectivity index (χ2n) is 5.11. The first kappa shape index (κ1) is 17.5. The number of ether oxygens (including phenoxy) is 1. The lowest BCUT2D eigenvalue weighted by Crippen LogP contribution is -2.36. The van der Waals surface area contributed by atoms with Crippen LogP contribution in [0.5, 0.6) is 5.75 Å². The highest BCUT2D eigenvalue weighted by Crippen LogP contribution is 2.09. The van der Waals surface area contributed by atoms with Gasteiger partial charge in [-0.3, -0.25) is 4.79 Å². The molecule has 0 radical (unpaired) electrons. The zero-order chi connectivity index (χ0) is 15.5. The van der Waals surface area contributed by atoms with E-state index in [0.29, 0.717) is 25.3 Å². The summed E-state index contributed by atoms with van der Waals surface area (Å²) in [5, 5.41) is 21.9. The van der Waals surface area contributed by atoms with Crippen molar-refractivity contribution in [3.63, 3.8) is 0 Å². The van der Waals surface area contributed by atoms with Gasteiger partial charge in [0.2, 0.25) is 0 Å². The first-order valence-corrected chi connectivity index (χ1v) is 7.43. The van der Waals surface area contributed by atoms with Crippen LogP contribution in [0.3, 0.4) is 0 Å². The second kappa shape index (κ2) is 10.2. The maximum atomic E-state index is 11.1. The van der Waals surface area contributed by atoms with E-state index in [2.05, 4.69) is 5.32 Å². The van der Waals surface area contributed by atoms with E-state index in [-0.39, 0.29) is 6.61 Å². The molecular formula is C16H25NO4. The van der Waals surface area contributed by atoms with Gasteiger partial charge in [0.1, 0.15) is 18.5 Å². The van der Waals surface area contributed by atoms with Crippen molar-refractivity contribution in [2.45, 2.75) is 32.3 Å². The molecule has 0 aliphatic heterocycles. The Bertz CT molecular complexity index is 397. The van der Waals surface area contributed by atoms with E-state index < -0.39 is 18.0 Å². The lowest BCUT2D eigenvalue weighted by atomic mass is 10.0. The van der Waals surface area contributed by atoms with Gasteiger partial charge in [-0.2, -0.15) is 0 Å². The molecule has 5 nitrogen and oxygen atoms in total. The molecule has 118 valence electrons. The number of benzene rings is 1. The average molecular weight is 295 g/mol. The minimum Gasteiger partial charge on any atom is -0.491 e. The van der Waals surface area contributed by atoms with E-state index >= 15 is 0 Å². The van der Waals surface area contributed by atoms with Gasteiger partial charge in [-0.05, 0) is 18.6 Å². The summed E-state index contributed by atoms with van der Waals surface area (Å²) < 4.78 is 5.43. The number of rotatable bonds is 11. The van der Waals surface area contributed by atoms with Gasteiger partial charge >= 0.3 is 5.97 Å². The van der Waals surface area contributed by atoms with Crippen molar-refractivity contribution in [3.8, 4) is 5.75 Å². The van der Waals surface area contributed by atoms with Crippen LogP contribution in [0.25, 0.3) is 0 Å². The number of para-hydroxylation sites is 1. The number of hydrogen-bond acceptors (Lipinski definition) is 4. The Labute approximate surface area is 125 Å². The molecule has 0 amide bonds. The van der Waals surface area contributed by atoms with Crippen LogP contribution < -0.4 is 10.1 Å². The largest absolute Gasteiger partial charge is 0.491 e. The summed E-state index contributed by atoms with van der Waals surface area (Å²) in [7, 11) is 0. The third kappa shape index (κ3) is 7.68. The fourth-order valence-electron chi connectivity index (χ4n) is 1.96. The third-order valence-corrected chi connectivity index (χ3v) is 3.21. The van der Waals surface area contributed by atoms with Crippen LogP contribution in [0.1, 0.15) is 26.2 Å². The lowest BCUT2D eigenvalue weighted by Gasteiger charge is -2.16. The number of carbonyl (C=O) groups is 1. The zero-order valence-corrected chi connectivity index (χ0v) is 12.5. The van der Waals surface area contributed by atoms with Gasteiger partial charge in [-0.1, -0.05) is 38.0 Å². The van der Waals surface area contributed by atoms with Gasteiger partial charge in [0.05, 0.1) is 5.92 Å². The molecule has 5 heteroatoms. The Kier molecular flexibility index (Phi) is 8.47. The van der Waals surface area contributed by atoms with E-state index in [1.54, 1.807) is 0 Å². The molecule has 21 heavy (non-hydrogen) atoms. The van der Waals surface area contributed by atoms with Crippen molar-refractivity contribution in [3.05, 3.63) is 30.3 Å². The van der Waals surface area contributed by atoms with Gasteiger partial charge in [-0.15, -0.1) is 0 Å². The Morgan fingerprint density at radius 1 is 1.29 bits per heavy atom. The molecule has 1 rings (SSSR count). The summed E-state index contributed by atoms with van der Waals surface area (Å²) in [6, 6.07) is 9.28. The van der Waals surface area contributed by atoms with Crippen LogP contribution in [0.15, 0.2) is 30.3 Å². The Morgan fingerprint density at radius 2 is 2.00 bits per heavy atom. The molecule has 2 atom stereocenters. The van der Waals surface area contributed by atoms with Crippen LogP contribution >= 0.6 is 0 Å². The Balaban J connectivity index is 2.19. The van der Waals surface area contributed by atoms with E-state index in [0.717, 1.165) is 12.8 Å². The first-order chi connectivity index (χ1) is 10.1. The molecule has 1 aromatic rings. The molecule has 2 unspecified atom stereocenters. The normalized spacial score (nSPS) is 13.6. The SMILES string of the molecule is CCCCC(CNCC(O)COc1ccccc1)C(=O)O. The molecule has 0 aromatic heterocycles. The number of carboxylic acids is 1. The van der Waals surface area contributed by atoms with E-state index in [1.165, 1.54) is 0 Å². The Morgan fingerprint density at radius 3 is 2.62 bits per heavy atom. The van der Waals surface area contributed by atoms with Gasteiger partial charge in [0, 0.05) is 13.1 Å². The highest BCUT2D eigenvalue weighted by atomic mass is 16.5. The molecule has 0 fully saturated rings. The second-order valence-corrected chi connectivity index (χ2v) is 5.11. The highest BCUT2D eigenvalue weighted by Gasteiger charge is 2.16. The van der Waals surface area contributed by atoms with Gasteiger partial charge in [0.15, 0.2) is 0 Å². The van der Waals surface area contributed by atoms with Crippen LogP contribution in [-0.2, 0) is 4.79 Å². The van der Waals surface area contributed by atoms with Crippen molar-refractivity contribution in [2.75, 3.05) is 19.7 Å². The maximum absolute atomic E-state index is 11.1. The van der Waals surface area contributed by atoms with Crippen molar-refractivity contribution >= 4 is 5.97 Å². The molecule has 0 spiro atoms. The van der Waals surface area contributed by atoms with Crippen molar-refractivity contribution < 1.29 is 19.7 Å². The smallest absolute Gasteiger partial charge is 0.307 e. The highest BCUT2D eigenvalue weighted by molar-refractivity contribution is 5.70. The van der Waals surface area contributed by atoms with Crippen molar-refractivity contribution in [1.29, 1.82) is 0 Å². The third-order valence-electron chi connectivity index (χ3n) is 3.21. The van der Waals surface area contributed by atoms with Crippen LogP contribution in [0.4, 0.5) is 0 Å². The summed E-state index contributed by atoms with van der Waals surface area (Å²) in [6.07, 6.45) is 1.89. The minimum absolute atomic E-state index is 0.184. The average Bonchev–Trinajstić information content (AvgIpc) is 2.49. The van der Waals surface area contributed by atoms with Gasteiger partial charge < -0.3 is 20.3 Å². The summed E-state index contributed by atoms with van der Waals surface area (Å²) in [6.45, 7) is 2.92. The summed E-state index contributed by atoms with van der Waals surface area (Å²) in [5.74, 6) is -0.471. The molecule has 0 saturated heterocycles. The van der Waals surface area contributed by atoms with E-state index in [9.17, 15) is 9.90 Å². The predicted molar refractivity (Wildman–Crippen MR) is 81.5 cm³/mol. The Hall–Kier alpha value is -1.59. The van der Waals surface area contributed by atoms with Gasteiger partial charge in [0.25, 0.3) is 0 Å². The molecule has 0 heterocycles. The number of nitrogens with one attached hydrogen (secondary N) is 1. The quantitative estimate of drug-likeness (QED) is 0.581. The number of unbranched alkanes of at least 4 members (excludes halogenated alkanes) is 1. The fraction of sp³-hybridized carbons (Fsp3) is 0.562. The summed E-state index contributed by atoms with van der Waals surface area (Å²) in [4.78, 5) is 11.1. The molecule has 0 aliphatic rings. The van der Waals surface area contributed by atoms with E-state index in [4.69, 9.17) is 9.84 Å². The van der Waals surface area contributed by atoms with Crippen LogP contribution in [-0.4, -0.2) is 42.0 Å². The number of aliphatic hydroxyl groups excluding tert-OH is 1. The number of hydrogen-bond donors (Lipinski definition) is 3. The maximum Gasteiger partial charge on any atom is 0.307 e. The summed E-state index contributed by atoms with van der Waals surface area (Å²) >= 11 is 0. The molecule has 0 bridgehead atoms. The molecule has 0 aliphatic carbocycles. The monoisotopic (exact) mass is 295 g/mol. The number of carboxylic acid groups (broad SMARTS) is 1. The van der Waals surface area contributed by atoms with Crippen LogP contribution in [0.2, 0.25) is 0 Å². The van der Waals surface area contributed by atoms with Crippen molar-refractivity contribution in [2.24, 2.45) is 5.92 Å². The molecule has 1 aromatic carbocycles. The van der Waals surface area contributed by atoms with Crippen molar-refractivity contribution in [1.82, 2.24) is 5.32 Å². The van der Waals surface area contributed by atoms with E-state index in [1.807, 2.05) is 37.3 Å². The lowest BCUT2D eigenvalue weighted by molar-refractivity contribution is -0.141. The standard InChI is InChI=1S/C16H25NO4/c1-2-3-7-13(16(19)20)10-17-11-14(18)12-21-15-8-5-4-6-9-15/h4-6,8-9,13-14,17-18H,2-3,7,10-12H2,1H3,(H,19,20). The van der Waals surface area contributed by atoms with Gasteiger partial charge in [-0.25, -0.2) is 0 Å². The molecular weight excluding hydrogens is 270 g/mol. The fourth-order valence-corrected chi connectivity index (χ4v) is 1.96. The zero-order valence-electron chi connectivity index (χ0n) is 12.5. The number of aliphatic carboxylic acids is 1. The number of aliphatic hydroxyl groups is 1. The predicted octanol–water partition coefficient (Wildman–Crippen LogP) is 1.91. The molecule has 0 saturated carbocycles. The first-order valence-electron chi connectivity index (χ1n) is 7.43. The topological polar surface area (TPSA) is 78.8 Å².